The smallest absolute Gasteiger partial charge is 0.308 e. The zero-order valence-corrected chi connectivity index (χ0v) is 24.7. The lowest BCUT2D eigenvalue weighted by molar-refractivity contribution is -0.146. The Bertz CT molecular complexity index is 1790. The Balaban J connectivity index is 1.11. The topological polar surface area (TPSA) is 99.2 Å². The molecule has 3 aromatic heterocycles. The van der Waals surface area contributed by atoms with Crippen molar-refractivity contribution in [3.05, 3.63) is 90.5 Å². The molecule has 1 saturated heterocycles. The lowest BCUT2D eigenvalue weighted by atomic mass is 9.80. The van der Waals surface area contributed by atoms with E-state index >= 15 is 0 Å². The molecular formula is C35H35FN6O2. The van der Waals surface area contributed by atoms with E-state index in [1.54, 1.807) is 24.5 Å². The average molecular weight is 591 g/mol. The van der Waals surface area contributed by atoms with E-state index in [1.165, 1.54) is 24.8 Å². The summed E-state index contributed by atoms with van der Waals surface area (Å²) < 4.78 is 20.5. The normalized spacial score (nSPS) is 19.1. The summed E-state index contributed by atoms with van der Waals surface area (Å²) in [6, 6.07) is 20.8. The summed E-state index contributed by atoms with van der Waals surface area (Å²) >= 11 is 0. The van der Waals surface area contributed by atoms with Gasteiger partial charge in [-0.1, -0.05) is 24.3 Å². The molecule has 2 aliphatic rings. The van der Waals surface area contributed by atoms with Crippen molar-refractivity contribution in [3.63, 3.8) is 0 Å². The van der Waals surface area contributed by atoms with Crippen LogP contribution in [0.15, 0.2) is 79.1 Å². The second-order valence-corrected chi connectivity index (χ2v) is 12.0. The van der Waals surface area contributed by atoms with Crippen LogP contribution in [0.3, 0.4) is 0 Å². The van der Waals surface area contributed by atoms with E-state index in [9.17, 15) is 9.18 Å². The van der Waals surface area contributed by atoms with Crippen molar-refractivity contribution in [1.82, 2.24) is 24.4 Å². The van der Waals surface area contributed by atoms with Crippen molar-refractivity contribution < 1.29 is 13.9 Å². The highest BCUT2D eigenvalue weighted by atomic mass is 19.1. The second kappa shape index (κ2) is 11.8. The zero-order chi connectivity index (χ0) is 30.2. The fraction of sp³-hybridized carbons (Fsp3) is 0.314. The lowest BCUT2D eigenvalue weighted by Gasteiger charge is -2.42. The van der Waals surface area contributed by atoms with Gasteiger partial charge in [-0.25, -0.2) is 19.3 Å². The quantitative estimate of drug-likeness (QED) is 0.224. The van der Waals surface area contributed by atoms with E-state index in [1.807, 2.05) is 22.8 Å². The Morgan fingerprint density at radius 3 is 2.43 bits per heavy atom. The summed E-state index contributed by atoms with van der Waals surface area (Å²) in [5, 5.41) is 0. The SMILES string of the molecule is COC(=O)[C@H]1CC[C@H](CN2CC(c3ccc(-n4c(-c5cccnc5N)nc5cc(-c6ccc(F)cc6)cnc54)cc3)C2)CC1. The highest BCUT2D eigenvalue weighted by molar-refractivity contribution is 5.85. The first-order valence-electron chi connectivity index (χ1n) is 15.2. The molecule has 0 atom stereocenters. The Kier molecular flexibility index (Phi) is 7.56. The maximum absolute atomic E-state index is 13.5. The number of imidazole rings is 1. The van der Waals surface area contributed by atoms with Gasteiger partial charge >= 0.3 is 5.97 Å². The van der Waals surface area contributed by atoms with Crippen LogP contribution >= 0.6 is 0 Å². The molecule has 224 valence electrons. The fourth-order valence-electron chi connectivity index (χ4n) is 6.73. The number of carbonyl (C=O) groups is 1. The number of hydrogen-bond acceptors (Lipinski definition) is 7. The van der Waals surface area contributed by atoms with Crippen LogP contribution in [0.5, 0.6) is 0 Å². The molecule has 2 N–H and O–H groups in total. The number of pyridine rings is 2. The lowest BCUT2D eigenvalue weighted by Crippen LogP contribution is -2.47. The number of nitrogen functional groups attached to an aromatic ring is 1. The first-order valence-corrected chi connectivity index (χ1v) is 15.2. The highest BCUT2D eigenvalue weighted by Crippen LogP contribution is 2.36. The third-order valence-corrected chi connectivity index (χ3v) is 9.23. The Labute approximate surface area is 255 Å². The van der Waals surface area contributed by atoms with Gasteiger partial charge in [0, 0.05) is 49.2 Å². The molecule has 0 spiro atoms. The van der Waals surface area contributed by atoms with Gasteiger partial charge in [-0.3, -0.25) is 9.36 Å². The van der Waals surface area contributed by atoms with Gasteiger partial charge in [0.2, 0.25) is 0 Å². The molecule has 9 heteroatoms. The minimum absolute atomic E-state index is 0.0545. The standard InChI is InChI=1S/C35H35FN6O2/c1-44-35(43)25-6-4-22(5-7-25)19-41-20-27(21-41)24-10-14-29(15-11-24)42-33(30-3-2-16-38-32(30)37)40-31-17-26(18-39-34(31)42)23-8-12-28(36)13-9-23/h2-3,8-18,22,25,27H,4-7,19-21H2,1H3,(H2,37,38)/t22-,25-. The molecule has 1 saturated carbocycles. The number of halogens is 1. The summed E-state index contributed by atoms with van der Waals surface area (Å²) in [6.07, 6.45) is 7.53. The number of likely N-dealkylation sites (tertiary alicyclic amines) is 1. The van der Waals surface area contributed by atoms with Gasteiger partial charge in [-0.05, 0) is 85.2 Å². The van der Waals surface area contributed by atoms with Crippen molar-refractivity contribution >= 4 is 23.0 Å². The van der Waals surface area contributed by atoms with Gasteiger partial charge in [0.1, 0.15) is 17.2 Å². The van der Waals surface area contributed by atoms with Crippen molar-refractivity contribution in [2.45, 2.75) is 31.6 Å². The number of nitrogens with two attached hydrogens (primary N) is 1. The third-order valence-electron chi connectivity index (χ3n) is 9.23. The molecular weight excluding hydrogens is 555 g/mol. The molecule has 0 radical (unpaired) electrons. The summed E-state index contributed by atoms with van der Waals surface area (Å²) in [4.78, 5) is 28.5. The van der Waals surface area contributed by atoms with Crippen molar-refractivity contribution in [2.75, 3.05) is 32.5 Å². The van der Waals surface area contributed by atoms with E-state index in [4.69, 9.17) is 20.4 Å². The molecule has 1 aliphatic carbocycles. The summed E-state index contributed by atoms with van der Waals surface area (Å²) in [5.74, 6) is 1.96. The van der Waals surface area contributed by atoms with Crippen molar-refractivity contribution in [1.29, 1.82) is 0 Å². The summed E-state index contributed by atoms with van der Waals surface area (Å²) in [6.45, 7) is 3.20. The third kappa shape index (κ3) is 5.43. The minimum atomic E-state index is -0.279. The first-order chi connectivity index (χ1) is 21.5. The van der Waals surface area contributed by atoms with Crippen LogP contribution < -0.4 is 5.73 Å². The first kappa shape index (κ1) is 28.2. The Hall–Kier alpha value is -4.63. The molecule has 44 heavy (non-hydrogen) atoms. The molecule has 0 unspecified atom stereocenters. The summed E-state index contributed by atoms with van der Waals surface area (Å²) in [5.41, 5.74) is 12.4. The van der Waals surface area contributed by atoms with Gasteiger partial charge in [-0.15, -0.1) is 0 Å². The van der Waals surface area contributed by atoms with Crippen LogP contribution in [0.1, 0.15) is 37.2 Å². The van der Waals surface area contributed by atoms with Crippen LogP contribution in [-0.4, -0.2) is 57.1 Å². The van der Waals surface area contributed by atoms with E-state index in [0.29, 0.717) is 34.6 Å². The van der Waals surface area contributed by atoms with Crippen LogP contribution in [0.4, 0.5) is 10.2 Å². The number of rotatable bonds is 7. The fourth-order valence-corrected chi connectivity index (χ4v) is 6.73. The van der Waals surface area contributed by atoms with E-state index < -0.39 is 0 Å². The van der Waals surface area contributed by atoms with E-state index in [0.717, 1.165) is 67.7 Å². The van der Waals surface area contributed by atoms with Crippen molar-refractivity contribution in [2.24, 2.45) is 11.8 Å². The van der Waals surface area contributed by atoms with Crippen LogP contribution in [0, 0.1) is 17.7 Å². The number of benzene rings is 2. The second-order valence-electron chi connectivity index (χ2n) is 12.0. The number of carbonyl (C=O) groups excluding carboxylic acids is 1. The van der Waals surface area contributed by atoms with E-state index in [2.05, 4.69) is 34.1 Å². The monoisotopic (exact) mass is 590 g/mol. The van der Waals surface area contributed by atoms with Gasteiger partial charge in [0.25, 0.3) is 0 Å². The maximum Gasteiger partial charge on any atom is 0.308 e. The van der Waals surface area contributed by atoms with E-state index in [-0.39, 0.29) is 17.7 Å². The molecule has 1 aliphatic heterocycles. The number of nitrogens with zero attached hydrogens (tertiary/aromatic N) is 5. The van der Waals surface area contributed by atoms with Crippen LogP contribution in [0.25, 0.3) is 39.4 Å². The maximum atomic E-state index is 13.5. The summed E-state index contributed by atoms with van der Waals surface area (Å²) in [7, 11) is 1.48. The molecule has 0 amide bonds. The Morgan fingerprint density at radius 2 is 1.73 bits per heavy atom. The molecule has 7 rings (SSSR count). The number of ether oxygens (including phenoxy) is 1. The number of anilines is 1. The molecule has 4 heterocycles. The predicted molar refractivity (Wildman–Crippen MR) is 169 cm³/mol. The van der Waals surface area contributed by atoms with Gasteiger partial charge in [-0.2, -0.15) is 0 Å². The minimum Gasteiger partial charge on any atom is -0.469 e. The van der Waals surface area contributed by atoms with Crippen LogP contribution in [-0.2, 0) is 9.53 Å². The molecule has 2 fully saturated rings. The predicted octanol–water partition coefficient (Wildman–Crippen LogP) is 6.25. The van der Waals surface area contributed by atoms with Gasteiger partial charge < -0.3 is 15.4 Å². The number of aromatic nitrogens is 4. The Morgan fingerprint density at radius 1 is 0.977 bits per heavy atom. The number of esters is 1. The largest absolute Gasteiger partial charge is 0.469 e. The highest BCUT2D eigenvalue weighted by Gasteiger charge is 2.33. The molecule has 8 nitrogen and oxygen atoms in total. The van der Waals surface area contributed by atoms with Crippen LogP contribution in [0.2, 0.25) is 0 Å². The molecule has 2 aromatic carbocycles. The number of hydrogen-bond donors (Lipinski definition) is 1. The van der Waals surface area contributed by atoms with Gasteiger partial charge in [0.05, 0.1) is 18.6 Å². The average Bonchev–Trinajstić information content (AvgIpc) is 3.42. The molecule has 5 aromatic rings. The number of methoxy groups -OCH3 is 1. The van der Waals surface area contributed by atoms with Gasteiger partial charge in [0.15, 0.2) is 11.5 Å². The zero-order valence-electron chi connectivity index (χ0n) is 24.7. The number of fused-ring (bicyclic) bond motifs is 1. The van der Waals surface area contributed by atoms with Crippen molar-refractivity contribution in [3.8, 4) is 28.2 Å². The molecule has 0 bridgehead atoms.